The Kier molecular flexibility index (Phi) is 7.37. The van der Waals surface area contributed by atoms with Crippen LogP contribution in [-0.2, 0) is 16.1 Å². The zero-order valence-corrected chi connectivity index (χ0v) is 16.0. The van der Waals surface area contributed by atoms with Gasteiger partial charge in [-0.1, -0.05) is 35.0 Å². The molecule has 2 rings (SSSR count). The highest BCUT2D eigenvalue weighted by Gasteiger charge is 2.19. The molecule has 0 saturated carbocycles. The average Bonchev–Trinajstić information content (AvgIpc) is 2.90. The minimum Gasteiger partial charge on any atom is -0.385 e. The molecule has 2 N–H and O–H groups in total. The van der Waals surface area contributed by atoms with E-state index in [1.807, 2.05) is 0 Å². The number of benzene rings is 1. The lowest BCUT2D eigenvalue weighted by atomic mass is 10.3. The van der Waals surface area contributed by atoms with Crippen molar-refractivity contribution in [2.24, 2.45) is 0 Å². The van der Waals surface area contributed by atoms with Crippen LogP contribution in [0.3, 0.4) is 0 Å². The van der Waals surface area contributed by atoms with Gasteiger partial charge in [0.15, 0.2) is 5.16 Å². The molecule has 0 fully saturated rings. The van der Waals surface area contributed by atoms with E-state index in [-0.39, 0.29) is 11.6 Å². The summed E-state index contributed by atoms with van der Waals surface area (Å²) < 4.78 is 6.48. The lowest BCUT2D eigenvalue weighted by Crippen LogP contribution is -2.24. The van der Waals surface area contributed by atoms with Gasteiger partial charge >= 0.3 is 5.69 Å². The number of carbonyl (C=O) groups is 1. The van der Waals surface area contributed by atoms with Crippen LogP contribution in [0, 0.1) is 0 Å². The molecule has 7 nitrogen and oxygen atoms in total. The number of amides is 1. The monoisotopic (exact) mass is 404 g/mol. The van der Waals surface area contributed by atoms with Crippen LogP contribution >= 0.6 is 35.0 Å². The maximum atomic E-state index is 12.4. The molecule has 1 unspecified atom stereocenters. The van der Waals surface area contributed by atoms with Crippen molar-refractivity contribution in [3.8, 4) is 0 Å². The molecule has 1 atom stereocenters. The molecule has 0 radical (unpaired) electrons. The highest BCUT2D eigenvalue weighted by Crippen LogP contribution is 2.27. The summed E-state index contributed by atoms with van der Waals surface area (Å²) in [5, 5.41) is 9.93. The van der Waals surface area contributed by atoms with Gasteiger partial charge in [0.1, 0.15) is 0 Å². The number of aromatic amines is 1. The lowest BCUT2D eigenvalue weighted by Gasteiger charge is -2.13. The minimum atomic E-state index is -0.483. The van der Waals surface area contributed by atoms with E-state index >= 15 is 0 Å². The summed E-state index contributed by atoms with van der Waals surface area (Å²) in [5.41, 5.74) is 0.162. The van der Waals surface area contributed by atoms with Gasteiger partial charge in [-0.2, -0.15) is 0 Å². The summed E-state index contributed by atoms with van der Waals surface area (Å²) in [4.78, 5) is 24.2. The molecule has 0 aliphatic rings. The molecule has 0 saturated heterocycles. The second-order valence-electron chi connectivity index (χ2n) is 5.18. The lowest BCUT2D eigenvalue weighted by molar-refractivity contribution is -0.115. The molecule has 136 valence electrons. The average molecular weight is 405 g/mol. The van der Waals surface area contributed by atoms with Crippen molar-refractivity contribution >= 4 is 46.6 Å². The first-order valence-electron chi connectivity index (χ1n) is 7.49. The van der Waals surface area contributed by atoms with E-state index in [9.17, 15) is 9.59 Å². The third kappa shape index (κ3) is 5.50. The van der Waals surface area contributed by atoms with E-state index in [4.69, 9.17) is 27.9 Å². The molecular weight excluding hydrogens is 387 g/mol. The Labute approximate surface area is 159 Å². The van der Waals surface area contributed by atoms with E-state index in [1.54, 1.807) is 32.2 Å². The number of anilines is 1. The number of methoxy groups -OCH3 is 1. The molecule has 1 heterocycles. The van der Waals surface area contributed by atoms with Crippen molar-refractivity contribution in [2.75, 3.05) is 19.0 Å². The molecule has 0 aliphatic carbocycles. The fraction of sp³-hybridized carbons (Fsp3) is 0.400. The Morgan fingerprint density at radius 2 is 2.24 bits per heavy atom. The van der Waals surface area contributed by atoms with Gasteiger partial charge in [0, 0.05) is 25.3 Å². The maximum Gasteiger partial charge on any atom is 0.343 e. The Balaban J connectivity index is 2.02. The van der Waals surface area contributed by atoms with E-state index < -0.39 is 5.25 Å². The Bertz CT molecular complexity index is 793. The van der Waals surface area contributed by atoms with Gasteiger partial charge in [0.05, 0.1) is 16.0 Å². The van der Waals surface area contributed by atoms with Gasteiger partial charge < -0.3 is 10.1 Å². The maximum absolute atomic E-state index is 12.4. The summed E-state index contributed by atoms with van der Waals surface area (Å²) in [6, 6.07) is 4.83. The van der Waals surface area contributed by atoms with Crippen molar-refractivity contribution in [3.63, 3.8) is 0 Å². The van der Waals surface area contributed by atoms with Gasteiger partial charge in [0.2, 0.25) is 5.91 Å². The quantitative estimate of drug-likeness (QED) is 0.521. The van der Waals surface area contributed by atoms with Crippen molar-refractivity contribution in [1.29, 1.82) is 0 Å². The molecule has 0 spiro atoms. The highest BCUT2D eigenvalue weighted by atomic mass is 35.5. The molecule has 0 bridgehead atoms. The van der Waals surface area contributed by atoms with Crippen LogP contribution in [0.2, 0.25) is 10.0 Å². The molecule has 2 aromatic rings. The van der Waals surface area contributed by atoms with E-state index in [0.29, 0.717) is 40.5 Å². The number of H-pyrrole nitrogens is 1. The van der Waals surface area contributed by atoms with Crippen LogP contribution in [0.4, 0.5) is 5.69 Å². The highest BCUT2D eigenvalue weighted by molar-refractivity contribution is 8.00. The number of aromatic nitrogens is 3. The number of hydrogen-bond donors (Lipinski definition) is 2. The second-order valence-corrected chi connectivity index (χ2v) is 7.33. The number of carbonyl (C=O) groups excluding carboxylic acids is 1. The number of nitrogens with one attached hydrogen (secondary N) is 2. The number of ether oxygens (including phenoxy) is 1. The first-order chi connectivity index (χ1) is 11.9. The van der Waals surface area contributed by atoms with Crippen molar-refractivity contribution < 1.29 is 9.53 Å². The van der Waals surface area contributed by atoms with Gasteiger partial charge in [-0.05, 0) is 31.5 Å². The number of hydrogen-bond acceptors (Lipinski definition) is 5. The van der Waals surface area contributed by atoms with E-state index in [1.165, 1.54) is 16.3 Å². The molecule has 1 aromatic carbocycles. The number of rotatable bonds is 8. The predicted molar refractivity (Wildman–Crippen MR) is 99.8 cm³/mol. The number of nitrogens with zero attached hydrogens (tertiary/aromatic N) is 2. The topological polar surface area (TPSA) is 89.0 Å². The minimum absolute atomic E-state index is 0.256. The predicted octanol–water partition coefficient (Wildman–Crippen LogP) is 3.03. The van der Waals surface area contributed by atoms with Crippen LogP contribution in [0.15, 0.2) is 28.2 Å². The van der Waals surface area contributed by atoms with Gasteiger partial charge in [0.25, 0.3) is 0 Å². The first-order valence-corrected chi connectivity index (χ1v) is 9.12. The van der Waals surface area contributed by atoms with Crippen LogP contribution in [0.5, 0.6) is 0 Å². The Morgan fingerprint density at radius 1 is 1.48 bits per heavy atom. The zero-order chi connectivity index (χ0) is 18.4. The first kappa shape index (κ1) is 19.8. The standard InChI is InChI=1S/C15H18Cl2N4O3S/c1-9(13(22)18-12-5-4-10(16)8-11(12)17)25-15-20-19-14(23)21(15)6-3-7-24-2/h4-5,8-9H,3,6-7H2,1-2H3,(H,18,22)(H,19,23). The van der Waals surface area contributed by atoms with Crippen molar-refractivity contribution in [1.82, 2.24) is 14.8 Å². The fourth-order valence-corrected chi connectivity index (χ4v) is 3.33. The Hall–Kier alpha value is -1.48. The Morgan fingerprint density at radius 3 is 2.92 bits per heavy atom. The molecule has 10 heteroatoms. The van der Waals surface area contributed by atoms with E-state index in [0.717, 1.165) is 0 Å². The third-order valence-electron chi connectivity index (χ3n) is 3.29. The largest absolute Gasteiger partial charge is 0.385 e. The van der Waals surface area contributed by atoms with Gasteiger partial charge in [-0.15, -0.1) is 5.10 Å². The molecule has 1 aromatic heterocycles. The molecular formula is C15H18Cl2N4O3S. The van der Waals surface area contributed by atoms with Crippen LogP contribution in [0.1, 0.15) is 13.3 Å². The molecule has 1 amide bonds. The summed E-state index contributed by atoms with van der Waals surface area (Å²) in [5.74, 6) is -0.256. The summed E-state index contributed by atoms with van der Waals surface area (Å²) in [6.07, 6.45) is 0.671. The van der Waals surface area contributed by atoms with Crippen LogP contribution < -0.4 is 11.0 Å². The number of thioether (sulfide) groups is 1. The SMILES string of the molecule is COCCCn1c(SC(C)C(=O)Nc2ccc(Cl)cc2Cl)n[nH]c1=O. The zero-order valence-electron chi connectivity index (χ0n) is 13.7. The van der Waals surface area contributed by atoms with Crippen LogP contribution in [-0.4, -0.2) is 39.6 Å². The summed E-state index contributed by atoms with van der Waals surface area (Å²) in [7, 11) is 1.60. The normalized spacial score (nSPS) is 12.2. The molecule has 25 heavy (non-hydrogen) atoms. The number of halogens is 2. The van der Waals surface area contributed by atoms with Crippen molar-refractivity contribution in [2.45, 2.75) is 30.3 Å². The van der Waals surface area contributed by atoms with Gasteiger partial charge in [-0.3, -0.25) is 9.36 Å². The third-order valence-corrected chi connectivity index (χ3v) is 4.93. The summed E-state index contributed by atoms with van der Waals surface area (Å²) >= 11 is 13.1. The summed E-state index contributed by atoms with van der Waals surface area (Å²) in [6.45, 7) is 2.72. The fourth-order valence-electron chi connectivity index (χ4n) is 1.99. The smallest absolute Gasteiger partial charge is 0.343 e. The van der Waals surface area contributed by atoms with Crippen LogP contribution in [0.25, 0.3) is 0 Å². The van der Waals surface area contributed by atoms with Crippen molar-refractivity contribution in [3.05, 3.63) is 38.7 Å². The molecule has 0 aliphatic heterocycles. The van der Waals surface area contributed by atoms with Gasteiger partial charge in [-0.25, -0.2) is 9.89 Å². The second kappa shape index (κ2) is 9.28. The van der Waals surface area contributed by atoms with E-state index in [2.05, 4.69) is 15.5 Å².